The molecule has 0 aliphatic heterocycles. The summed E-state index contributed by atoms with van der Waals surface area (Å²) >= 11 is 4.97. The molecule has 58 valence electrons. The number of hydrogen-bond donors (Lipinski definition) is 1. The standard InChI is InChI=1S/C8H15NS/c1-7(10)9-8-5-3-2-4-6-8/h8H,2-6H2,1H3,(H,9,10). The molecule has 1 rings (SSSR count). The van der Waals surface area contributed by atoms with Crippen LogP contribution in [0.1, 0.15) is 39.0 Å². The van der Waals surface area contributed by atoms with E-state index in [1.54, 1.807) is 0 Å². The van der Waals surface area contributed by atoms with Crippen LogP contribution in [0.2, 0.25) is 0 Å². The van der Waals surface area contributed by atoms with Gasteiger partial charge in [0.25, 0.3) is 0 Å². The van der Waals surface area contributed by atoms with Crippen molar-refractivity contribution in [3.8, 4) is 0 Å². The molecule has 0 atom stereocenters. The third-order valence-corrected chi connectivity index (χ3v) is 2.13. The second-order valence-electron chi connectivity index (χ2n) is 3.04. The molecule has 0 aromatic rings. The Labute approximate surface area is 68.2 Å². The fourth-order valence-corrected chi connectivity index (χ4v) is 1.70. The second-order valence-corrected chi connectivity index (χ2v) is 3.65. The molecule has 1 fully saturated rings. The van der Waals surface area contributed by atoms with Gasteiger partial charge in [-0.05, 0) is 19.8 Å². The van der Waals surface area contributed by atoms with Gasteiger partial charge in [-0.2, -0.15) is 0 Å². The highest BCUT2D eigenvalue weighted by atomic mass is 32.1. The van der Waals surface area contributed by atoms with Gasteiger partial charge >= 0.3 is 0 Å². The summed E-state index contributed by atoms with van der Waals surface area (Å²) in [5.74, 6) is 0. The van der Waals surface area contributed by atoms with Crippen LogP contribution in [0.4, 0.5) is 0 Å². The highest BCUT2D eigenvalue weighted by Crippen LogP contribution is 2.17. The largest absolute Gasteiger partial charge is 0.377 e. The Hall–Kier alpha value is -0.110. The summed E-state index contributed by atoms with van der Waals surface area (Å²) in [4.78, 5) is 0.951. The van der Waals surface area contributed by atoms with Crippen LogP contribution in [-0.4, -0.2) is 11.0 Å². The first kappa shape index (κ1) is 7.99. The summed E-state index contributed by atoms with van der Waals surface area (Å²) in [6.45, 7) is 1.96. The molecule has 0 aromatic carbocycles. The monoisotopic (exact) mass is 157 g/mol. The fourth-order valence-electron chi connectivity index (χ4n) is 1.53. The van der Waals surface area contributed by atoms with Gasteiger partial charge in [0.15, 0.2) is 0 Å². The van der Waals surface area contributed by atoms with Crippen molar-refractivity contribution in [2.45, 2.75) is 45.1 Å². The first-order valence-electron chi connectivity index (χ1n) is 4.06. The maximum absolute atomic E-state index is 4.97. The summed E-state index contributed by atoms with van der Waals surface area (Å²) in [6, 6.07) is 0.686. The number of thiocarbonyl (C=S) groups is 1. The zero-order chi connectivity index (χ0) is 7.40. The Bertz CT molecular complexity index is 116. The quantitative estimate of drug-likeness (QED) is 0.586. The van der Waals surface area contributed by atoms with Crippen LogP contribution in [0.5, 0.6) is 0 Å². The lowest BCUT2D eigenvalue weighted by Gasteiger charge is -2.22. The molecule has 1 saturated carbocycles. The van der Waals surface area contributed by atoms with Gasteiger partial charge in [0.1, 0.15) is 0 Å². The average Bonchev–Trinajstić information content (AvgIpc) is 1.88. The van der Waals surface area contributed by atoms with Crippen molar-refractivity contribution < 1.29 is 0 Å². The topological polar surface area (TPSA) is 12.0 Å². The van der Waals surface area contributed by atoms with Gasteiger partial charge in [0, 0.05) is 6.04 Å². The first-order chi connectivity index (χ1) is 4.79. The zero-order valence-electron chi connectivity index (χ0n) is 6.52. The molecule has 0 heterocycles. The SMILES string of the molecule is CC(=S)NC1CCCCC1. The Morgan fingerprint density at radius 2 is 1.90 bits per heavy atom. The van der Waals surface area contributed by atoms with Gasteiger partial charge in [-0.1, -0.05) is 31.5 Å². The molecular formula is C8H15NS. The predicted molar refractivity (Wildman–Crippen MR) is 48.3 cm³/mol. The Balaban J connectivity index is 2.19. The van der Waals surface area contributed by atoms with Gasteiger partial charge in [0.05, 0.1) is 4.99 Å². The lowest BCUT2D eigenvalue weighted by molar-refractivity contribution is 0.414. The van der Waals surface area contributed by atoms with Gasteiger partial charge < -0.3 is 5.32 Å². The summed E-state index contributed by atoms with van der Waals surface area (Å²) in [6.07, 6.45) is 6.79. The summed E-state index contributed by atoms with van der Waals surface area (Å²) in [5, 5.41) is 3.31. The van der Waals surface area contributed by atoms with E-state index < -0.39 is 0 Å². The van der Waals surface area contributed by atoms with Crippen molar-refractivity contribution in [2.24, 2.45) is 0 Å². The van der Waals surface area contributed by atoms with Gasteiger partial charge in [0.2, 0.25) is 0 Å². The molecule has 1 aliphatic rings. The molecule has 0 unspecified atom stereocenters. The Morgan fingerprint density at radius 1 is 1.30 bits per heavy atom. The lowest BCUT2D eigenvalue weighted by Crippen LogP contribution is -2.33. The molecule has 0 radical (unpaired) electrons. The van der Waals surface area contributed by atoms with Crippen LogP contribution in [-0.2, 0) is 0 Å². The minimum Gasteiger partial charge on any atom is -0.377 e. The van der Waals surface area contributed by atoms with E-state index in [9.17, 15) is 0 Å². The van der Waals surface area contributed by atoms with Crippen molar-refractivity contribution in [1.29, 1.82) is 0 Å². The number of rotatable bonds is 1. The molecule has 0 bridgehead atoms. The van der Waals surface area contributed by atoms with Gasteiger partial charge in [-0.3, -0.25) is 0 Å². The van der Waals surface area contributed by atoms with Crippen LogP contribution in [0.25, 0.3) is 0 Å². The first-order valence-corrected chi connectivity index (χ1v) is 4.47. The molecule has 1 aliphatic carbocycles. The van der Waals surface area contributed by atoms with Crippen molar-refractivity contribution in [2.75, 3.05) is 0 Å². The van der Waals surface area contributed by atoms with Crippen LogP contribution in [0.15, 0.2) is 0 Å². The van der Waals surface area contributed by atoms with E-state index in [1.807, 2.05) is 6.92 Å². The minimum atomic E-state index is 0.686. The van der Waals surface area contributed by atoms with Crippen LogP contribution >= 0.6 is 12.2 Å². The van der Waals surface area contributed by atoms with E-state index in [1.165, 1.54) is 32.1 Å². The van der Waals surface area contributed by atoms with Crippen molar-refractivity contribution in [3.05, 3.63) is 0 Å². The highest BCUT2D eigenvalue weighted by Gasteiger charge is 2.11. The maximum atomic E-state index is 4.97. The molecule has 2 heteroatoms. The van der Waals surface area contributed by atoms with E-state index in [-0.39, 0.29) is 0 Å². The number of hydrogen-bond acceptors (Lipinski definition) is 1. The summed E-state index contributed by atoms with van der Waals surface area (Å²) in [5.41, 5.74) is 0. The third-order valence-electron chi connectivity index (χ3n) is 2.01. The molecular weight excluding hydrogens is 142 g/mol. The van der Waals surface area contributed by atoms with Crippen molar-refractivity contribution in [1.82, 2.24) is 5.32 Å². The second kappa shape index (κ2) is 3.91. The van der Waals surface area contributed by atoms with Crippen molar-refractivity contribution >= 4 is 17.2 Å². The molecule has 0 aromatic heterocycles. The van der Waals surface area contributed by atoms with Crippen LogP contribution in [0.3, 0.4) is 0 Å². The Kier molecular flexibility index (Phi) is 3.13. The van der Waals surface area contributed by atoms with Gasteiger partial charge in [-0.15, -0.1) is 0 Å². The fraction of sp³-hybridized carbons (Fsp3) is 0.875. The van der Waals surface area contributed by atoms with E-state index in [0.717, 1.165) is 4.99 Å². The van der Waals surface area contributed by atoms with E-state index in [0.29, 0.717) is 6.04 Å². The van der Waals surface area contributed by atoms with Gasteiger partial charge in [-0.25, -0.2) is 0 Å². The van der Waals surface area contributed by atoms with Crippen LogP contribution in [0, 0.1) is 0 Å². The molecule has 0 saturated heterocycles. The molecule has 10 heavy (non-hydrogen) atoms. The molecule has 0 spiro atoms. The lowest BCUT2D eigenvalue weighted by atomic mass is 9.96. The highest BCUT2D eigenvalue weighted by molar-refractivity contribution is 7.80. The smallest absolute Gasteiger partial charge is 0.0724 e. The molecule has 1 nitrogen and oxygen atoms in total. The van der Waals surface area contributed by atoms with Crippen molar-refractivity contribution in [3.63, 3.8) is 0 Å². The molecule has 1 N–H and O–H groups in total. The Morgan fingerprint density at radius 3 is 2.40 bits per heavy atom. The minimum absolute atomic E-state index is 0.686. The third kappa shape index (κ3) is 2.65. The maximum Gasteiger partial charge on any atom is 0.0724 e. The molecule has 0 amide bonds. The van der Waals surface area contributed by atoms with E-state index >= 15 is 0 Å². The average molecular weight is 157 g/mol. The zero-order valence-corrected chi connectivity index (χ0v) is 7.34. The van der Waals surface area contributed by atoms with E-state index in [4.69, 9.17) is 12.2 Å². The summed E-state index contributed by atoms with van der Waals surface area (Å²) in [7, 11) is 0. The normalized spacial score (nSPS) is 20.5. The number of nitrogens with one attached hydrogen (secondary N) is 1. The van der Waals surface area contributed by atoms with E-state index in [2.05, 4.69) is 5.32 Å². The summed E-state index contributed by atoms with van der Waals surface area (Å²) < 4.78 is 0. The van der Waals surface area contributed by atoms with Crippen LogP contribution < -0.4 is 5.32 Å². The predicted octanol–water partition coefficient (Wildman–Crippen LogP) is 2.26.